The molecule has 8 heteroatoms. The van der Waals surface area contributed by atoms with Gasteiger partial charge in [-0.3, -0.25) is 4.98 Å². The Morgan fingerprint density at radius 3 is 2.65 bits per heavy atom. The number of benzene rings is 1. The molecule has 1 atom stereocenters. The average Bonchev–Trinajstić information content (AvgIpc) is 3.40. The van der Waals surface area contributed by atoms with Gasteiger partial charge in [0.05, 0.1) is 30.6 Å². The molecule has 0 bridgehead atoms. The third kappa shape index (κ3) is 5.82. The predicted octanol–water partition coefficient (Wildman–Crippen LogP) is 5.85. The van der Waals surface area contributed by atoms with Gasteiger partial charge >= 0.3 is 0 Å². The third-order valence-corrected chi connectivity index (χ3v) is 8.78. The molecule has 214 valence electrons. The standard InChI is InChI=1S/C32H42FN5O2/c1-22-12-16-37(21-22)15-7-19-40-29-20-27-31(36-32(29)39-2)30(24-8-3-5-10-26(24)35-27)34-23-13-17-38(18-14-23)28-11-6-4-9-25(28)33/h4,6,9,11,20,22-23H,3,5,7-8,10,12-19,21H2,1-2H3,(H,34,35). The predicted molar refractivity (Wildman–Crippen MR) is 158 cm³/mol. The number of methoxy groups -OCH3 is 1. The number of ether oxygens (including phenoxy) is 2. The van der Waals surface area contributed by atoms with E-state index in [-0.39, 0.29) is 11.9 Å². The maximum Gasteiger partial charge on any atom is 0.257 e. The van der Waals surface area contributed by atoms with Gasteiger partial charge in [-0.05, 0) is 81.5 Å². The maximum absolute atomic E-state index is 14.4. The number of piperidine rings is 1. The van der Waals surface area contributed by atoms with E-state index in [4.69, 9.17) is 19.4 Å². The Kier molecular flexibility index (Phi) is 8.23. The van der Waals surface area contributed by atoms with E-state index in [0.29, 0.717) is 23.9 Å². The van der Waals surface area contributed by atoms with E-state index in [0.717, 1.165) is 87.2 Å². The van der Waals surface area contributed by atoms with Gasteiger partial charge in [-0.1, -0.05) is 19.1 Å². The highest BCUT2D eigenvalue weighted by Crippen LogP contribution is 2.38. The molecule has 0 radical (unpaired) electrons. The van der Waals surface area contributed by atoms with E-state index in [9.17, 15) is 4.39 Å². The number of rotatable bonds is 9. The molecule has 2 fully saturated rings. The number of anilines is 2. The molecule has 1 aromatic carbocycles. The van der Waals surface area contributed by atoms with Crippen LogP contribution in [0.5, 0.6) is 11.6 Å². The molecule has 1 unspecified atom stereocenters. The molecule has 4 heterocycles. The lowest BCUT2D eigenvalue weighted by Crippen LogP contribution is -2.39. The minimum absolute atomic E-state index is 0.150. The number of aromatic nitrogens is 2. The van der Waals surface area contributed by atoms with Crippen LogP contribution in [0.1, 0.15) is 56.7 Å². The molecule has 0 amide bonds. The molecule has 40 heavy (non-hydrogen) atoms. The topological polar surface area (TPSA) is 62.8 Å². The summed E-state index contributed by atoms with van der Waals surface area (Å²) in [6, 6.07) is 9.37. The lowest BCUT2D eigenvalue weighted by molar-refractivity contribution is 0.249. The van der Waals surface area contributed by atoms with E-state index < -0.39 is 0 Å². The van der Waals surface area contributed by atoms with Gasteiger partial charge in [0.15, 0.2) is 5.75 Å². The number of fused-ring (bicyclic) bond motifs is 2. The Balaban J connectivity index is 1.20. The summed E-state index contributed by atoms with van der Waals surface area (Å²) in [5, 5.41) is 3.87. The van der Waals surface area contributed by atoms with Gasteiger partial charge in [-0.25, -0.2) is 9.37 Å². The normalized spacial score (nSPS) is 20.1. The zero-order valence-corrected chi connectivity index (χ0v) is 23.9. The van der Waals surface area contributed by atoms with Crippen LogP contribution in [0.4, 0.5) is 15.8 Å². The monoisotopic (exact) mass is 547 g/mol. The van der Waals surface area contributed by atoms with Crippen LogP contribution in [0.3, 0.4) is 0 Å². The molecule has 7 nitrogen and oxygen atoms in total. The van der Waals surface area contributed by atoms with Gasteiger partial charge in [-0.2, -0.15) is 0 Å². The number of nitrogens with one attached hydrogen (secondary N) is 1. The van der Waals surface area contributed by atoms with Crippen molar-refractivity contribution in [3.63, 3.8) is 0 Å². The number of hydrogen-bond acceptors (Lipinski definition) is 7. The van der Waals surface area contributed by atoms with Crippen LogP contribution in [-0.2, 0) is 12.8 Å². The van der Waals surface area contributed by atoms with E-state index in [2.05, 4.69) is 22.0 Å². The number of hydrogen-bond donors (Lipinski definition) is 1. The van der Waals surface area contributed by atoms with Crippen LogP contribution < -0.4 is 19.7 Å². The van der Waals surface area contributed by atoms with Crippen molar-refractivity contribution < 1.29 is 13.9 Å². The van der Waals surface area contributed by atoms with Crippen molar-refractivity contribution in [3.8, 4) is 11.6 Å². The SMILES string of the molecule is COc1nc2c(NC3CCN(c4ccccc4F)CC3)c3c(nc2cc1OCCCN1CCC(C)C1)CCCC3. The average molecular weight is 548 g/mol. The van der Waals surface area contributed by atoms with Crippen LogP contribution in [0, 0.1) is 11.7 Å². The number of para-hydroxylation sites is 1. The van der Waals surface area contributed by atoms with Gasteiger partial charge in [0.25, 0.3) is 5.88 Å². The zero-order valence-electron chi connectivity index (χ0n) is 23.9. The fourth-order valence-corrected chi connectivity index (χ4v) is 6.59. The molecular formula is C32H42FN5O2. The third-order valence-electron chi connectivity index (χ3n) is 8.78. The van der Waals surface area contributed by atoms with Crippen LogP contribution >= 0.6 is 0 Å². The molecule has 2 saturated heterocycles. The van der Waals surface area contributed by atoms with Gasteiger partial charge in [0.1, 0.15) is 11.3 Å². The van der Waals surface area contributed by atoms with Crippen molar-refractivity contribution >= 4 is 22.4 Å². The van der Waals surface area contributed by atoms with Crippen molar-refractivity contribution in [2.75, 3.05) is 56.7 Å². The zero-order chi connectivity index (χ0) is 27.5. The van der Waals surface area contributed by atoms with Crippen molar-refractivity contribution in [2.45, 2.75) is 64.3 Å². The van der Waals surface area contributed by atoms with Crippen LogP contribution in [0.2, 0.25) is 0 Å². The first-order valence-electron chi connectivity index (χ1n) is 15.1. The number of aryl methyl sites for hydroxylation is 1. The van der Waals surface area contributed by atoms with Crippen molar-refractivity contribution in [2.24, 2.45) is 5.92 Å². The number of nitrogens with zero attached hydrogens (tertiary/aromatic N) is 4. The minimum Gasteiger partial charge on any atom is -0.488 e. The summed E-state index contributed by atoms with van der Waals surface area (Å²) in [7, 11) is 1.66. The number of pyridine rings is 2. The Bertz CT molecular complexity index is 1330. The van der Waals surface area contributed by atoms with E-state index >= 15 is 0 Å². The first kappa shape index (κ1) is 27.1. The summed E-state index contributed by atoms with van der Waals surface area (Å²) in [5.41, 5.74) is 5.96. The molecule has 2 aliphatic heterocycles. The molecule has 6 rings (SSSR count). The summed E-state index contributed by atoms with van der Waals surface area (Å²) in [6.45, 7) is 8.02. The van der Waals surface area contributed by atoms with Gasteiger partial charge in [0, 0.05) is 44.0 Å². The second kappa shape index (κ2) is 12.2. The highest BCUT2D eigenvalue weighted by atomic mass is 19.1. The largest absolute Gasteiger partial charge is 0.488 e. The van der Waals surface area contributed by atoms with Crippen LogP contribution in [0.25, 0.3) is 11.0 Å². The highest BCUT2D eigenvalue weighted by Gasteiger charge is 2.26. The van der Waals surface area contributed by atoms with Crippen molar-refractivity contribution in [1.82, 2.24) is 14.9 Å². The van der Waals surface area contributed by atoms with Gasteiger partial charge in [-0.15, -0.1) is 0 Å². The smallest absolute Gasteiger partial charge is 0.257 e. The summed E-state index contributed by atoms with van der Waals surface area (Å²) in [6.07, 6.45) is 8.45. The lowest BCUT2D eigenvalue weighted by atomic mass is 9.93. The first-order valence-corrected chi connectivity index (χ1v) is 15.1. The van der Waals surface area contributed by atoms with E-state index in [1.165, 1.54) is 30.8 Å². The van der Waals surface area contributed by atoms with Gasteiger partial charge < -0.3 is 24.6 Å². The first-order chi connectivity index (χ1) is 19.6. The van der Waals surface area contributed by atoms with E-state index in [1.54, 1.807) is 19.2 Å². The Morgan fingerprint density at radius 1 is 1.05 bits per heavy atom. The Hall–Kier alpha value is -3.13. The summed E-state index contributed by atoms with van der Waals surface area (Å²) in [5.74, 6) is 1.82. The fourth-order valence-electron chi connectivity index (χ4n) is 6.59. The minimum atomic E-state index is -0.150. The van der Waals surface area contributed by atoms with Crippen molar-refractivity contribution in [1.29, 1.82) is 0 Å². The quantitative estimate of drug-likeness (QED) is 0.337. The lowest BCUT2D eigenvalue weighted by Gasteiger charge is -2.35. The molecule has 1 N–H and O–H groups in total. The van der Waals surface area contributed by atoms with Crippen LogP contribution in [0.15, 0.2) is 30.3 Å². The molecule has 3 aromatic rings. The van der Waals surface area contributed by atoms with E-state index in [1.807, 2.05) is 18.2 Å². The maximum atomic E-state index is 14.4. The number of halogens is 1. The summed E-state index contributed by atoms with van der Waals surface area (Å²) >= 11 is 0. The highest BCUT2D eigenvalue weighted by molar-refractivity contribution is 5.91. The molecule has 0 spiro atoms. The summed E-state index contributed by atoms with van der Waals surface area (Å²) in [4.78, 5) is 14.7. The molecule has 2 aromatic heterocycles. The second-order valence-electron chi connectivity index (χ2n) is 11.7. The molecule has 3 aliphatic rings. The number of likely N-dealkylation sites (tertiary alicyclic amines) is 1. The Morgan fingerprint density at radius 2 is 1.88 bits per heavy atom. The van der Waals surface area contributed by atoms with Crippen LogP contribution in [-0.4, -0.2) is 67.4 Å². The molecule has 1 aliphatic carbocycles. The molecule has 0 saturated carbocycles. The van der Waals surface area contributed by atoms with Gasteiger partial charge in [0.2, 0.25) is 0 Å². The Labute approximate surface area is 237 Å². The molecular weight excluding hydrogens is 505 g/mol. The second-order valence-corrected chi connectivity index (χ2v) is 11.7. The summed E-state index contributed by atoms with van der Waals surface area (Å²) < 4.78 is 26.3. The van der Waals surface area contributed by atoms with Crippen molar-refractivity contribution in [3.05, 3.63) is 47.4 Å². The fraction of sp³-hybridized carbons (Fsp3) is 0.562.